The van der Waals surface area contributed by atoms with Gasteiger partial charge in [0, 0.05) is 26.2 Å². The summed E-state index contributed by atoms with van der Waals surface area (Å²) in [6, 6.07) is 13.0. The van der Waals surface area contributed by atoms with E-state index in [2.05, 4.69) is 21.3 Å². The summed E-state index contributed by atoms with van der Waals surface area (Å²) in [6.45, 7) is 6.11. The first-order chi connectivity index (χ1) is 20.3. The number of rotatable bonds is 5. The Morgan fingerprint density at radius 3 is 2.67 bits per heavy atom. The smallest absolute Gasteiger partial charge is 0.315 e. The summed E-state index contributed by atoms with van der Waals surface area (Å²) >= 11 is 0. The van der Waals surface area contributed by atoms with E-state index in [-0.39, 0.29) is 30.7 Å². The normalized spacial score (nSPS) is 22.1. The standard InChI is InChI=1S/C32H43N5O5/c1-3-33-32(41)36-28-19-29(38)37-16-7-10-24(21-37)15-17-42-26-13-11-22(2)25(18-26)20-34-30(39)27(35-31(28)40)14-12-23-8-5-4-6-9-23/h4-6,8-9,11,13,18,24,27-28H,3,7,10,12,14-17,19-21H2,1-2H3,(H,34,39)(H,35,40)(H2,33,36,41)/t24?,27-,28-/m0/s1. The summed E-state index contributed by atoms with van der Waals surface area (Å²) in [5.74, 6) is -0.0796. The van der Waals surface area contributed by atoms with Crippen LogP contribution in [0.15, 0.2) is 48.5 Å². The second-order valence-electron chi connectivity index (χ2n) is 11.1. The molecular formula is C32H43N5O5. The van der Waals surface area contributed by atoms with Crippen molar-refractivity contribution in [3.8, 4) is 5.75 Å². The quantitative estimate of drug-likeness (QED) is 0.435. The fraction of sp³-hybridized carbons (Fsp3) is 0.500. The van der Waals surface area contributed by atoms with Crippen molar-refractivity contribution >= 4 is 23.8 Å². The Bertz CT molecular complexity index is 1240. The summed E-state index contributed by atoms with van der Waals surface area (Å²) in [5, 5.41) is 11.1. The third-order valence-electron chi connectivity index (χ3n) is 7.98. The zero-order valence-electron chi connectivity index (χ0n) is 24.6. The fourth-order valence-electron chi connectivity index (χ4n) is 5.48. The zero-order valence-corrected chi connectivity index (χ0v) is 24.6. The summed E-state index contributed by atoms with van der Waals surface area (Å²) < 4.78 is 6.07. The highest BCUT2D eigenvalue weighted by atomic mass is 16.5. The van der Waals surface area contributed by atoms with Gasteiger partial charge in [-0.15, -0.1) is 0 Å². The number of hydrogen-bond acceptors (Lipinski definition) is 5. The number of amides is 5. The van der Waals surface area contributed by atoms with Crippen molar-refractivity contribution in [2.24, 2.45) is 5.92 Å². The lowest BCUT2D eigenvalue weighted by Gasteiger charge is -2.34. The average Bonchev–Trinajstić information content (AvgIpc) is 2.99. The molecule has 5 amide bonds. The van der Waals surface area contributed by atoms with Gasteiger partial charge in [-0.05, 0) is 80.7 Å². The van der Waals surface area contributed by atoms with Crippen LogP contribution in [0.5, 0.6) is 5.75 Å². The monoisotopic (exact) mass is 577 g/mol. The van der Waals surface area contributed by atoms with Crippen LogP contribution in [0.4, 0.5) is 4.79 Å². The maximum Gasteiger partial charge on any atom is 0.315 e. The van der Waals surface area contributed by atoms with Gasteiger partial charge in [0.05, 0.1) is 13.0 Å². The van der Waals surface area contributed by atoms with Crippen molar-refractivity contribution < 1.29 is 23.9 Å². The molecular weight excluding hydrogens is 534 g/mol. The molecule has 1 saturated heterocycles. The van der Waals surface area contributed by atoms with Gasteiger partial charge in [0.1, 0.15) is 17.8 Å². The van der Waals surface area contributed by atoms with Gasteiger partial charge in [-0.2, -0.15) is 0 Å². The van der Waals surface area contributed by atoms with E-state index in [0.29, 0.717) is 39.1 Å². The maximum atomic E-state index is 13.6. The molecule has 1 unspecified atom stereocenters. The van der Waals surface area contributed by atoms with E-state index in [4.69, 9.17) is 4.74 Å². The van der Waals surface area contributed by atoms with E-state index in [9.17, 15) is 19.2 Å². The molecule has 10 heteroatoms. The first kappa shape index (κ1) is 30.9. The highest BCUT2D eigenvalue weighted by Crippen LogP contribution is 2.23. The lowest BCUT2D eigenvalue weighted by Crippen LogP contribution is -2.56. The molecule has 10 nitrogen and oxygen atoms in total. The number of carbonyl (C=O) groups is 4. The van der Waals surface area contributed by atoms with Crippen molar-refractivity contribution in [1.29, 1.82) is 0 Å². The van der Waals surface area contributed by atoms with E-state index in [1.54, 1.807) is 11.8 Å². The number of nitrogens with one attached hydrogen (secondary N) is 4. The maximum absolute atomic E-state index is 13.6. The zero-order chi connectivity index (χ0) is 29.9. The third-order valence-corrected chi connectivity index (χ3v) is 7.98. The van der Waals surface area contributed by atoms with Gasteiger partial charge in [-0.25, -0.2) is 4.79 Å². The molecule has 2 heterocycles. The second-order valence-corrected chi connectivity index (χ2v) is 11.1. The minimum absolute atomic E-state index is 0.191. The number of piperidine rings is 1. The number of hydrogen-bond donors (Lipinski definition) is 4. The number of benzene rings is 2. The minimum Gasteiger partial charge on any atom is -0.494 e. The van der Waals surface area contributed by atoms with Gasteiger partial charge in [0.25, 0.3) is 0 Å². The summed E-state index contributed by atoms with van der Waals surface area (Å²) in [7, 11) is 0. The van der Waals surface area contributed by atoms with Crippen LogP contribution in [0, 0.1) is 12.8 Å². The molecule has 2 aliphatic rings. The van der Waals surface area contributed by atoms with E-state index in [1.807, 2.05) is 55.5 Å². The lowest BCUT2D eigenvalue weighted by atomic mass is 9.94. The molecule has 4 N–H and O–H groups in total. The molecule has 42 heavy (non-hydrogen) atoms. The van der Waals surface area contributed by atoms with Crippen LogP contribution in [0.1, 0.15) is 55.7 Å². The molecule has 3 atom stereocenters. The Hall–Kier alpha value is -4.08. The highest BCUT2D eigenvalue weighted by Gasteiger charge is 2.31. The molecule has 2 aromatic rings. The van der Waals surface area contributed by atoms with Gasteiger partial charge in [-0.1, -0.05) is 36.4 Å². The SMILES string of the molecule is CCNC(=O)N[C@H]1CC(=O)N2CCCC(CCOc3ccc(C)c(c3)CNC(=O)[C@H](CCc3ccccc3)NC1=O)C2. The van der Waals surface area contributed by atoms with E-state index in [1.165, 1.54) is 0 Å². The molecule has 4 rings (SSSR count). The van der Waals surface area contributed by atoms with Gasteiger partial charge < -0.3 is 30.9 Å². The first-order valence-corrected chi connectivity index (χ1v) is 15.0. The number of nitrogens with zero attached hydrogens (tertiary/aromatic N) is 1. The number of carbonyl (C=O) groups excluding carboxylic acids is 4. The number of ether oxygens (including phenoxy) is 1. The molecule has 226 valence electrons. The van der Waals surface area contributed by atoms with Crippen LogP contribution >= 0.6 is 0 Å². The minimum atomic E-state index is -1.13. The van der Waals surface area contributed by atoms with Crippen LogP contribution in [-0.2, 0) is 27.3 Å². The summed E-state index contributed by atoms with van der Waals surface area (Å²) in [5.41, 5.74) is 2.99. The third kappa shape index (κ3) is 8.96. The Morgan fingerprint density at radius 1 is 1.07 bits per heavy atom. The molecule has 1 fully saturated rings. The van der Waals surface area contributed by atoms with Crippen LogP contribution in [0.25, 0.3) is 0 Å². The highest BCUT2D eigenvalue weighted by molar-refractivity contribution is 5.94. The van der Waals surface area contributed by atoms with Crippen molar-refractivity contribution in [2.75, 3.05) is 26.2 Å². The van der Waals surface area contributed by atoms with Gasteiger partial charge in [-0.3, -0.25) is 14.4 Å². The predicted octanol–water partition coefficient (Wildman–Crippen LogP) is 2.83. The lowest BCUT2D eigenvalue weighted by molar-refractivity contribution is -0.137. The number of urea groups is 1. The molecule has 2 aliphatic heterocycles. The van der Waals surface area contributed by atoms with Crippen molar-refractivity contribution in [1.82, 2.24) is 26.2 Å². The van der Waals surface area contributed by atoms with E-state index >= 15 is 0 Å². The second kappa shape index (κ2) is 15.2. The predicted molar refractivity (Wildman–Crippen MR) is 160 cm³/mol. The largest absolute Gasteiger partial charge is 0.494 e. The van der Waals surface area contributed by atoms with Crippen LogP contribution in [0.2, 0.25) is 0 Å². The fourth-order valence-corrected chi connectivity index (χ4v) is 5.48. The number of aryl methyl sites for hydroxylation is 2. The summed E-state index contributed by atoms with van der Waals surface area (Å²) in [4.78, 5) is 54.7. The van der Waals surface area contributed by atoms with Gasteiger partial charge >= 0.3 is 6.03 Å². The Labute approximate surface area is 247 Å². The molecule has 2 aromatic carbocycles. The van der Waals surface area contributed by atoms with Gasteiger partial charge in [0.15, 0.2) is 0 Å². The first-order valence-electron chi connectivity index (χ1n) is 15.0. The topological polar surface area (TPSA) is 129 Å². The molecule has 0 aromatic heterocycles. The molecule has 0 saturated carbocycles. The van der Waals surface area contributed by atoms with Crippen molar-refractivity contribution in [2.45, 2.75) is 71.0 Å². The molecule has 0 spiro atoms. The Kier molecular flexibility index (Phi) is 11.2. The molecule has 0 aliphatic carbocycles. The Morgan fingerprint density at radius 2 is 1.88 bits per heavy atom. The molecule has 4 bridgehead atoms. The van der Waals surface area contributed by atoms with Crippen molar-refractivity contribution in [3.05, 3.63) is 65.2 Å². The van der Waals surface area contributed by atoms with Crippen LogP contribution in [0.3, 0.4) is 0 Å². The Balaban J connectivity index is 1.60. The van der Waals surface area contributed by atoms with Crippen molar-refractivity contribution in [3.63, 3.8) is 0 Å². The van der Waals surface area contributed by atoms with E-state index < -0.39 is 24.0 Å². The van der Waals surface area contributed by atoms with Gasteiger partial charge in [0.2, 0.25) is 17.7 Å². The van der Waals surface area contributed by atoms with Crippen LogP contribution in [-0.4, -0.2) is 67.0 Å². The van der Waals surface area contributed by atoms with Crippen LogP contribution < -0.4 is 26.0 Å². The average molecular weight is 578 g/mol. The van der Waals surface area contributed by atoms with E-state index in [0.717, 1.165) is 41.7 Å². The number of fused-ring (bicyclic) bond motifs is 4. The summed E-state index contributed by atoms with van der Waals surface area (Å²) in [6.07, 6.45) is 3.39. The molecule has 0 radical (unpaired) electrons.